The van der Waals surface area contributed by atoms with Crippen molar-refractivity contribution in [2.24, 2.45) is 5.92 Å². The Bertz CT molecular complexity index is 612. The second-order valence-electron chi connectivity index (χ2n) is 7.90. The molecule has 0 saturated carbocycles. The van der Waals surface area contributed by atoms with Crippen LogP contribution in [0.15, 0.2) is 30.3 Å². The molecule has 1 aromatic carbocycles. The molecule has 6 nitrogen and oxygen atoms in total. The molecule has 0 radical (unpaired) electrons. The molecular formula is C25H40O6. The van der Waals surface area contributed by atoms with Crippen molar-refractivity contribution in [1.29, 1.82) is 0 Å². The standard InChI is InChI=1S/C24H36O6.CH4/c1-20(2)18-29-24(27)30-23(26)17-13-8-6-4-3-5-7-12-16-22(25)28-19-21-14-10-9-11-15-21;/h9-11,14-15,20H,3-8,12-13,16-19H2,1-2H3;1H4. The van der Waals surface area contributed by atoms with Gasteiger partial charge in [0.1, 0.15) is 6.61 Å². The maximum atomic E-state index is 11.7. The monoisotopic (exact) mass is 436 g/mol. The Morgan fingerprint density at radius 1 is 0.742 bits per heavy atom. The fraction of sp³-hybridized carbons (Fsp3) is 0.640. The normalized spacial score (nSPS) is 10.3. The lowest BCUT2D eigenvalue weighted by Crippen LogP contribution is -2.16. The molecule has 1 aromatic rings. The van der Waals surface area contributed by atoms with Crippen LogP contribution >= 0.6 is 0 Å². The highest BCUT2D eigenvalue weighted by Crippen LogP contribution is 2.12. The van der Waals surface area contributed by atoms with Crippen LogP contribution < -0.4 is 0 Å². The number of unbranched alkanes of at least 4 members (excludes halogenated alkanes) is 7. The summed E-state index contributed by atoms with van der Waals surface area (Å²) >= 11 is 0. The van der Waals surface area contributed by atoms with Gasteiger partial charge in [0.25, 0.3) is 0 Å². The van der Waals surface area contributed by atoms with Crippen LogP contribution in [0.4, 0.5) is 4.79 Å². The number of carbonyl (C=O) groups excluding carboxylic acids is 3. The Balaban J connectivity index is 0.00000900. The van der Waals surface area contributed by atoms with E-state index >= 15 is 0 Å². The van der Waals surface area contributed by atoms with Gasteiger partial charge in [-0.05, 0) is 24.3 Å². The first-order valence-electron chi connectivity index (χ1n) is 11.0. The summed E-state index contributed by atoms with van der Waals surface area (Å²) in [6.07, 6.45) is 7.67. The fourth-order valence-electron chi connectivity index (χ4n) is 2.82. The second-order valence-corrected chi connectivity index (χ2v) is 7.90. The minimum atomic E-state index is -0.905. The maximum Gasteiger partial charge on any atom is 0.516 e. The van der Waals surface area contributed by atoms with E-state index < -0.39 is 12.1 Å². The van der Waals surface area contributed by atoms with E-state index in [2.05, 4.69) is 4.74 Å². The third-order valence-corrected chi connectivity index (χ3v) is 4.49. The van der Waals surface area contributed by atoms with E-state index in [0.717, 1.165) is 50.5 Å². The fourth-order valence-corrected chi connectivity index (χ4v) is 2.82. The molecule has 0 amide bonds. The van der Waals surface area contributed by atoms with Gasteiger partial charge in [0.2, 0.25) is 0 Å². The lowest BCUT2D eigenvalue weighted by molar-refractivity contribution is -0.145. The molecule has 0 heterocycles. The first kappa shape index (κ1) is 28.6. The molecule has 6 heteroatoms. The summed E-state index contributed by atoms with van der Waals surface area (Å²) in [5.74, 6) is -0.456. The summed E-state index contributed by atoms with van der Waals surface area (Å²) in [6.45, 7) is 4.42. The molecule has 0 unspecified atom stereocenters. The van der Waals surface area contributed by atoms with Crippen molar-refractivity contribution >= 4 is 18.1 Å². The molecule has 1 rings (SSSR count). The molecule has 31 heavy (non-hydrogen) atoms. The van der Waals surface area contributed by atoms with Gasteiger partial charge in [-0.3, -0.25) is 9.59 Å². The zero-order valence-corrected chi connectivity index (χ0v) is 18.4. The molecular weight excluding hydrogens is 396 g/mol. The predicted octanol–water partition coefficient (Wildman–Crippen LogP) is 6.60. The van der Waals surface area contributed by atoms with E-state index in [4.69, 9.17) is 9.47 Å². The van der Waals surface area contributed by atoms with Crippen LogP contribution in [0.5, 0.6) is 0 Å². The Morgan fingerprint density at radius 3 is 1.81 bits per heavy atom. The summed E-state index contributed by atoms with van der Waals surface area (Å²) < 4.78 is 14.7. The average molecular weight is 437 g/mol. The zero-order valence-electron chi connectivity index (χ0n) is 18.4. The van der Waals surface area contributed by atoms with Gasteiger partial charge in [0, 0.05) is 12.8 Å². The quantitative estimate of drug-likeness (QED) is 0.175. The smallest absolute Gasteiger partial charge is 0.461 e. The van der Waals surface area contributed by atoms with E-state index in [0.29, 0.717) is 19.4 Å². The molecule has 176 valence electrons. The van der Waals surface area contributed by atoms with Crippen molar-refractivity contribution in [2.75, 3.05) is 6.61 Å². The molecule has 0 aliphatic carbocycles. The number of ether oxygens (including phenoxy) is 3. The largest absolute Gasteiger partial charge is 0.516 e. The summed E-state index contributed by atoms with van der Waals surface area (Å²) in [5, 5.41) is 0. The van der Waals surface area contributed by atoms with Crippen LogP contribution in [0.25, 0.3) is 0 Å². The Morgan fingerprint density at radius 2 is 1.26 bits per heavy atom. The van der Waals surface area contributed by atoms with Gasteiger partial charge in [-0.15, -0.1) is 0 Å². The van der Waals surface area contributed by atoms with Gasteiger partial charge in [0.05, 0.1) is 6.61 Å². The Labute approximate surface area is 187 Å². The SMILES string of the molecule is C.CC(C)COC(=O)OC(=O)CCCCCCCCCCC(=O)OCc1ccccc1. The highest BCUT2D eigenvalue weighted by Gasteiger charge is 2.12. The van der Waals surface area contributed by atoms with Crippen LogP contribution in [-0.2, 0) is 30.4 Å². The molecule has 0 aromatic heterocycles. The van der Waals surface area contributed by atoms with Crippen LogP contribution in [0, 0.1) is 5.92 Å². The third kappa shape index (κ3) is 17.0. The number of rotatable bonds is 15. The van der Waals surface area contributed by atoms with Gasteiger partial charge < -0.3 is 14.2 Å². The zero-order chi connectivity index (χ0) is 22.0. The van der Waals surface area contributed by atoms with E-state index in [1.165, 1.54) is 0 Å². The van der Waals surface area contributed by atoms with Crippen molar-refractivity contribution in [3.63, 3.8) is 0 Å². The first-order valence-corrected chi connectivity index (χ1v) is 11.0. The minimum absolute atomic E-state index is 0. The molecule has 0 aliphatic heterocycles. The number of carbonyl (C=O) groups is 3. The second kappa shape index (κ2) is 18.4. The predicted molar refractivity (Wildman–Crippen MR) is 121 cm³/mol. The van der Waals surface area contributed by atoms with Crippen LogP contribution in [0.1, 0.15) is 91.0 Å². The first-order chi connectivity index (χ1) is 14.5. The highest BCUT2D eigenvalue weighted by molar-refractivity contribution is 5.81. The lowest BCUT2D eigenvalue weighted by atomic mass is 10.1. The van der Waals surface area contributed by atoms with Gasteiger partial charge >= 0.3 is 18.1 Å². The third-order valence-electron chi connectivity index (χ3n) is 4.49. The van der Waals surface area contributed by atoms with Crippen molar-refractivity contribution in [2.45, 2.75) is 92.1 Å². The molecule has 0 fully saturated rings. The van der Waals surface area contributed by atoms with E-state index in [1.54, 1.807) is 0 Å². The van der Waals surface area contributed by atoms with Gasteiger partial charge in [-0.25, -0.2) is 4.79 Å². The summed E-state index contributed by atoms with van der Waals surface area (Å²) in [5.41, 5.74) is 1.00. The number of benzene rings is 1. The van der Waals surface area contributed by atoms with Crippen LogP contribution in [0.3, 0.4) is 0 Å². The van der Waals surface area contributed by atoms with Gasteiger partial charge in [-0.1, -0.05) is 90.1 Å². The average Bonchev–Trinajstić information content (AvgIpc) is 2.72. The van der Waals surface area contributed by atoms with Crippen molar-refractivity contribution < 1.29 is 28.6 Å². The molecule has 0 bridgehead atoms. The van der Waals surface area contributed by atoms with Crippen molar-refractivity contribution in [1.82, 2.24) is 0 Å². The summed E-state index contributed by atoms with van der Waals surface area (Å²) in [7, 11) is 0. The Kier molecular flexibility index (Phi) is 17.0. The number of hydrogen-bond acceptors (Lipinski definition) is 6. The highest BCUT2D eigenvalue weighted by atomic mass is 16.7. The Hall–Kier alpha value is -2.37. The van der Waals surface area contributed by atoms with E-state index in [1.807, 2.05) is 44.2 Å². The van der Waals surface area contributed by atoms with Crippen LogP contribution in [0.2, 0.25) is 0 Å². The lowest BCUT2D eigenvalue weighted by Gasteiger charge is -2.07. The van der Waals surface area contributed by atoms with E-state index in [-0.39, 0.29) is 32.3 Å². The van der Waals surface area contributed by atoms with Crippen molar-refractivity contribution in [3.05, 3.63) is 35.9 Å². The molecule has 0 saturated heterocycles. The molecule has 0 atom stereocenters. The van der Waals surface area contributed by atoms with Gasteiger partial charge in [0.15, 0.2) is 0 Å². The summed E-state index contributed by atoms with van der Waals surface area (Å²) in [4.78, 5) is 34.5. The molecule has 0 aliphatic rings. The maximum absolute atomic E-state index is 11.7. The van der Waals surface area contributed by atoms with Crippen LogP contribution in [-0.4, -0.2) is 24.7 Å². The molecule has 0 spiro atoms. The van der Waals surface area contributed by atoms with Gasteiger partial charge in [-0.2, -0.15) is 0 Å². The molecule has 0 N–H and O–H groups in total. The minimum Gasteiger partial charge on any atom is -0.461 e. The van der Waals surface area contributed by atoms with Crippen molar-refractivity contribution in [3.8, 4) is 0 Å². The number of esters is 2. The van der Waals surface area contributed by atoms with E-state index in [9.17, 15) is 14.4 Å². The topological polar surface area (TPSA) is 78.9 Å². The number of hydrogen-bond donors (Lipinski definition) is 0. The summed E-state index contributed by atoms with van der Waals surface area (Å²) in [6, 6.07) is 9.68.